The molecule has 0 aliphatic heterocycles. The summed E-state index contributed by atoms with van der Waals surface area (Å²) in [6.07, 6.45) is 2.81. The smallest absolute Gasteiger partial charge is 0.255 e. The number of aliphatic hydroxyl groups is 1. The molecular weight excluding hydrogens is 418 g/mol. The van der Waals surface area contributed by atoms with Gasteiger partial charge in [-0.2, -0.15) is 5.26 Å². The summed E-state index contributed by atoms with van der Waals surface area (Å²) < 4.78 is 28.8. The van der Waals surface area contributed by atoms with Crippen LogP contribution in [0.4, 0.5) is 14.5 Å². The van der Waals surface area contributed by atoms with Gasteiger partial charge in [-0.1, -0.05) is 0 Å². The van der Waals surface area contributed by atoms with Gasteiger partial charge in [0.25, 0.3) is 5.91 Å². The van der Waals surface area contributed by atoms with Gasteiger partial charge >= 0.3 is 0 Å². The third kappa shape index (κ3) is 5.00. The zero-order valence-corrected chi connectivity index (χ0v) is 17.9. The van der Waals surface area contributed by atoms with Crippen LogP contribution in [0.2, 0.25) is 0 Å². The molecule has 168 valence electrons. The van der Waals surface area contributed by atoms with Gasteiger partial charge < -0.3 is 15.7 Å². The first-order valence-electron chi connectivity index (χ1n) is 9.98. The van der Waals surface area contributed by atoms with Gasteiger partial charge in [0.15, 0.2) is 0 Å². The maximum absolute atomic E-state index is 14.0. The highest BCUT2D eigenvalue weighted by molar-refractivity contribution is 5.99. The first-order valence-corrected chi connectivity index (χ1v) is 9.98. The van der Waals surface area contributed by atoms with Crippen molar-refractivity contribution in [2.45, 2.75) is 38.6 Å². The van der Waals surface area contributed by atoms with Crippen molar-refractivity contribution in [3.05, 3.63) is 47.9 Å². The molecule has 0 saturated carbocycles. The number of nitrogens with one attached hydrogen (secondary N) is 2. The van der Waals surface area contributed by atoms with E-state index in [2.05, 4.69) is 20.6 Å². The molecule has 3 rings (SSSR count). The summed E-state index contributed by atoms with van der Waals surface area (Å²) in [5, 5.41) is 24.9. The number of fused-ring (bicyclic) bond motifs is 1. The monoisotopic (exact) mass is 442 g/mol. The number of alkyl halides is 2. The first-order chi connectivity index (χ1) is 15.1. The lowest BCUT2D eigenvalue weighted by Crippen LogP contribution is -2.42. The molecular formula is C22H24F2N6O2. The molecule has 0 aliphatic carbocycles. The zero-order chi connectivity index (χ0) is 23.5. The molecule has 0 bridgehead atoms. The summed E-state index contributed by atoms with van der Waals surface area (Å²) in [6.45, 7) is 3.17. The fourth-order valence-corrected chi connectivity index (χ4v) is 2.98. The van der Waals surface area contributed by atoms with E-state index in [9.17, 15) is 18.7 Å². The second kappa shape index (κ2) is 9.28. The largest absolute Gasteiger partial charge is 0.387 e. The third-order valence-corrected chi connectivity index (χ3v) is 4.88. The Balaban J connectivity index is 1.95. The van der Waals surface area contributed by atoms with Crippen LogP contribution in [0.5, 0.6) is 0 Å². The van der Waals surface area contributed by atoms with E-state index in [1.165, 1.54) is 26.2 Å². The summed E-state index contributed by atoms with van der Waals surface area (Å²) >= 11 is 0. The predicted molar refractivity (Wildman–Crippen MR) is 116 cm³/mol. The Bertz CT molecular complexity index is 1170. The Morgan fingerprint density at radius 3 is 2.75 bits per heavy atom. The number of amides is 1. The van der Waals surface area contributed by atoms with Crippen molar-refractivity contribution < 1.29 is 18.7 Å². The van der Waals surface area contributed by atoms with Crippen LogP contribution in [0.15, 0.2) is 36.8 Å². The van der Waals surface area contributed by atoms with Crippen molar-refractivity contribution in [1.29, 1.82) is 5.26 Å². The fourth-order valence-electron chi connectivity index (χ4n) is 2.98. The van der Waals surface area contributed by atoms with Crippen molar-refractivity contribution in [3.8, 4) is 11.9 Å². The van der Waals surface area contributed by atoms with Crippen LogP contribution < -0.4 is 10.6 Å². The number of carbonyl (C=O) groups excluding carboxylic acids is 1. The first kappa shape index (κ1) is 23.1. The number of hydrogen-bond donors (Lipinski definition) is 3. The molecule has 0 saturated heterocycles. The number of halogens is 2. The van der Waals surface area contributed by atoms with Crippen LogP contribution in [0.25, 0.3) is 16.9 Å². The van der Waals surface area contributed by atoms with E-state index in [1.54, 1.807) is 35.9 Å². The molecule has 1 unspecified atom stereocenters. The number of nitrogens with zero attached hydrogens (tertiary/aromatic N) is 4. The van der Waals surface area contributed by atoms with Crippen molar-refractivity contribution in [2.75, 3.05) is 18.5 Å². The Morgan fingerprint density at radius 2 is 2.09 bits per heavy atom. The number of anilines is 1. The lowest BCUT2D eigenvalue weighted by Gasteiger charge is -2.23. The van der Waals surface area contributed by atoms with Gasteiger partial charge in [0, 0.05) is 30.0 Å². The van der Waals surface area contributed by atoms with Gasteiger partial charge in [-0.15, -0.1) is 0 Å². The van der Waals surface area contributed by atoms with E-state index in [0.29, 0.717) is 22.7 Å². The normalized spacial score (nSPS) is 13.4. The predicted octanol–water partition coefficient (Wildman–Crippen LogP) is 2.90. The van der Waals surface area contributed by atoms with E-state index in [-0.39, 0.29) is 5.56 Å². The molecule has 1 amide bonds. The number of rotatable bonds is 8. The van der Waals surface area contributed by atoms with Gasteiger partial charge in [0.2, 0.25) is 0 Å². The average Bonchev–Trinajstić information content (AvgIpc) is 3.19. The molecule has 8 nitrogen and oxygen atoms in total. The number of pyridine rings is 2. The molecule has 32 heavy (non-hydrogen) atoms. The maximum Gasteiger partial charge on any atom is 0.255 e. The highest BCUT2D eigenvalue weighted by Gasteiger charge is 2.27. The van der Waals surface area contributed by atoms with Crippen LogP contribution in [0.1, 0.15) is 36.7 Å². The Hall–Kier alpha value is -3.58. The average molecular weight is 442 g/mol. The summed E-state index contributed by atoms with van der Waals surface area (Å²) in [4.78, 5) is 21.3. The minimum Gasteiger partial charge on any atom is -0.387 e. The van der Waals surface area contributed by atoms with Gasteiger partial charge in [-0.3, -0.25) is 9.36 Å². The second-order valence-electron chi connectivity index (χ2n) is 8.05. The summed E-state index contributed by atoms with van der Waals surface area (Å²) in [7, 11) is 0. The highest BCUT2D eigenvalue weighted by Crippen LogP contribution is 2.23. The highest BCUT2D eigenvalue weighted by atomic mass is 19.1. The van der Waals surface area contributed by atoms with E-state index >= 15 is 0 Å². The second-order valence-corrected chi connectivity index (χ2v) is 8.05. The lowest BCUT2D eigenvalue weighted by molar-refractivity contribution is -0.00177. The quantitative estimate of drug-likeness (QED) is 0.494. The topological polar surface area (TPSA) is 116 Å². The molecule has 0 fully saturated rings. The molecule has 3 heterocycles. The molecule has 3 N–H and O–H groups in total. The summed E-state index contributed by atoms with van der Waals surface area (Å²) in [5.41, 5.74) is -0.206. The third-order valence-electron chi connectivity index (χ3n) is 4.88. The van der Waals surface area contributed by atoms with Crippen molar-refractivity contribution in [3.63, 3.8) is 0 Å². The van der Waals surface area contributed by atoms with E-state index in [4.69, 9.17) is 5.26 Å². The zero-order valence-electron chi connectivity index (χ0n) is 17.9. The standard InChI is InChI=1S/C22H24F2N6O2/c1-13(8-23)29-17-7-19(30-5-4-15-6-14(9-25)10-27-20(15)30)26-11-16(17)21(31)28-12-18(24)22(2,3)32/h4-7,10-11,13,18,32H,8,12H2,1-3H3,(H,26,29)(H,28,31)/t13?,18-/m1/s1. The van der Waals surface area contributed by atoms with Crippen LogP contribution >= 0.6 is 0 Å². The Kier molecular flexibility index (Phi) is 6.69. The van der Waals surface area contributed by atoms with Gasteiger partial charge in [0.1, 0.15) is 30.4 Å². The van der Waals surface area contributed by atoms with Crippen LogP contribution in [0.3, 0.4) is 0 Å². The fraction of sp³-hybridized carbons (Fsp3) is 0.364. The number of nitriles is 1. The van der Waals surface area contributed by atoms with E-state index in [0.717, 1.165) is 5.39 Å². The minimum absolute atomic E-state index is 0.105. The van der Waals surface area contributed by atoms with Crippen molar-refractivity contribution in [1.82, 2.24) is 19.9 Å². The summed E-state index contributed by atoms with van der Waals surface area (Å²) in [5.74, 6) is -0.194. The molecule has 10 heteroatoms. The molecule has 3 aromatic rings. The van der Waals surface area contributed by atoms with Crippen molar-refractivity contribution >= 4 is 22.6 Å². The number of carbonyl (C=O) groups is 1. The minimum atomic E-state index is -1.67. The SMILES string of the molecule is CC(CF)Nc1cc(-n2ccc3cc(C#N)cnc32)ncc1C(=O)NC[C@@H](F)C(C)(C)O. The molecule has 0 radical (unpaired) electrons. The molecule has 0 aromatic carbocycles. The van der Waals surface area contributed by atoms with Crippen LogP contribution in [-0.2, 0) is 0 Å². The van der Waals surface area contributed by atoms with Gasteiger partial charge in [-0.25, -0.2) is 18.7 Å². The lowest BCUT2D eigenvalue weighted by atomic mass is 10.0. The number of hydrogen-bond acceptors (Lipinski definition) is 6. The molecule has 0 spiro atoms. The van der Waals surface area contributed by atoms with E-state index < -0.39 is 36.9 Å². The Morgan fingerprint density at radius 1 is 1.34 bits per heavy atom. The molecule has 2 atom stereocenters. The van der Waals surface area contributed by atoms with Gasteiger partial charge in [0.05, 0.1) is 35.0 Å². The molecule has 3 aromatic heterocycles. The van der Waals surface area contributed by atoms with Gasteiger partial charge in [-0.05, 0) is 32.9 Å². The molecule has 0 aliphatic rings. The van der Waals surface area contributed by atoms with Crippen molar-refractivity contribution in [2.24, 2.45) is 0 Å². The number of aromatic nitrogens is 3. The Labute approximate surface area is 183 Å². The van der Waals surface area contributed by atoms with Crippen LogP contribution in [-0.4, -0.2) is 56.6 Å². The van der Waals surface area contributed by atoms with E-state index in [1.807, 2.05) is 6.07 Å². The summed E-state index contributed by atoms with van der Waals surface area (Å²) in [6, 6.07) is 6.50. The maximum atomic E-state index is 14.0. The van der Waals surface area contributed by atoms with Crippen LogP contribution in [0, 0.1) is 11.3 Å².